The number of rotatable bonds is 15. The van der Waals surface area contributed by atoms with E-state index < -0.39 is 18.4 Å². The van der Waals surface area contributed by atoms with Crippen LogP contribution in [0.5, 0.6) is 0 Å². The van der Waals surface area contributed by atoms with Crippen molar-refractivity contribution >= 4 is 11.9 Å². The lowest BCUT2D eigenvalue weighted by molar-refractivity contribution is -0.193. The molecular weight excluding hydrogens is 372 g/mol. The number of hydrogen-bond acceptors (Lipinski definition) is 6. The fourth-order valence-corrected chi connectivity index (χ4v) is 3.22. The van der Waals surface area contributed by atoms with Crippen LogP contribution in [0.2, 0.25) is 0 Å². The predicted octanol–water partition coefficient (Wildman–Crippen LogP) is 4.48. The molecule has 0 bridgehead atoms. The summed E-state index contributed by atoms with van der Waals surface area (Å²) in [5, 5.41) is 8.92. The van der Waals surface area contributed by atoms with Gasteiger partial charge in [-0.05, 0) is 36.8 Å². The number of methoxy groups -OCH3 is 1. The number of aliphatic hydroxyl groups excluding tert-OH is 1. The van der Waals surface area contributed by atoms with Gasteiger partial charge in [-0.1, -0.05) is 50.5 Å². The Kier molecular flexibility index (Phi) is 13.0. The van der Waals surface area contributed by atoms with E-state index in [2.05, 4.69) is 6.92 Å². The molecule has 0 aliphatic rings. The molecule has 0 aliphatic heterocycles. The zero-order valence-corrected chi connectivity index (χ0v) is 18.0. The van der Waals surface area contributed by atoms with Gasteiger partial charge in [0.25, 0.3) is 0 Å². The Labute approximate surface area is 174 Å². The number of benzene rings is 1. The van der Waals surface area contributed by atoms with Crippen molar-refractivity contribution in [3.8, 4) is 0 Å². The summed E-state index contributed by atoms with van der Waals surface area (Å²) in [7, 11) is 1.35. The largest absolute Gasteiger partial charge is 0.469 e. The zero-order valence-electron chi connectivity index (χ0n) is 18.0. The Morgan fingerprint density at radius 2 is 1.79 bits per heavy atom. The number of esters is 2. The minimum atomic E-state index is -0.695. The lowest BCUT2D eigenvalue weighted by Gasteiger charge is -2.26. The molecule has 1 aromatic carbocycles. The molecule has 0 saturated heterocycles. The maximum absolute atomic E-state index is 12.0. The minimum Gasteiger partial charge on any atom is -0.469 e. The van der Waals surface area contributed by atoms with Crippen LogP contribution in [0, 0.1) is 0 Å². The molecule has 1 rings (SSSR count). The van der Waals surface area contributed by atoms with E-state index in [0.29, 0.717) is 6.42 Å². The van der Waals surface area contributed by atoms with Gasteiger partial charge < -0.3 is 19.3 Å². The van der Waals surface area contributed by atoms with E-state index >= 15 is 0 Å². The SMILES string of the molecule is CCCCC(OC(C)=O)OC(CC(=O)OC)c1ccccc1CCCCCCO. The summed E-state index contributed by atoms with van der Waals surface area (Å²) in [5.74, 6) is -0.773. The molecule has 0 fully saturated rings. The Hall–Kier alpha value is -1.92. The summed E-state index contributed by atoms with van der Waals surface area (Å²) in [6, 6.07) is 7.90. The standard InChI is InChI=1S/C23H36O6/c1-4-5-15-23(28-18(2)25)29-21(17-22(26)27-3)20-14-10-9-13-19(20)12-8-6-7-11-16-24/h9-10,13-14,21,23-24H,4-8,11-12,15-17H2,1-3H3. The first-order chi connectivity index (χ1) is 14.0. The van der Waals surface area contributed by atoms with E-state index in [9.17, 15) is 9.59 Å². The lowest BCUT2D eigenvalue weighted by Crippen LogP contribution is -2.25. The molecule has 0 spiro atoms. The third-order valence-corrected chi connectivity index (χ3v) is 4.74. The average molecular weight is 409 g/mol. The predicted molar refractivity (Wildman–Crippen MR) is 111 cm³/mol. The van der Waals surface area contributed by atoms with Crippen molar-refractivity contribution in [2.45, 2.75) is 84.0 Å². The number of aliphatic hydroxyl groups is 1. The van der Waals surface area contributed by atoms with Crippen molar-refractivity contribution in [2.24, 2.45) is 0 Å². The van der Waals surface area contributed by atoms with Gasteiger partial charge >= 0.3 is 11.9 Å². The van der Waals surface area contributed by atoms with Gasteiger partial charge in [0, 0.05) is 20.0 Å². The molecule has 164 valence electrons. The van der Waals surface area contributed by atoms with Crippen LogP contribution >= 0.6 is 0 Å². The van der Waals surface area contributed by atoms with Crippen LogP contribution in [0.3, 0.4) is 0 Å². The highest BCUT2D eigenvalue weighted by atomic mass is 16.7. The van der Waals surface area contributed by atoms with Gasteiger partial charge in [-0.15, -0.1) is 0 Å². The molecule has 1 N–H and O–H groups in total. The second-order valence-electron chi connectivity index (χ2n) is 7.17. The van der Waals surface area contributed by atoms with E-state index in [1.54, 1.807) is 0 Å². The van der Waals surface area contributed by atoms with Gasteiger partial charge in [-0.2, -0.15) is 0 Å². The molecule has 0 radical (unpaired) electrons. The number of carbonyl (C=O) groups excluding carboxylic acids is 2. The Bertz CT molecular complexity index is 601. The molecule has 0 saturated carbocycles. The maximum atomic E-state index is 12.0. The first kappa shape index (κ1) is 25.1. The van der Waals surface area contributed by atoms with Gasteiger partial charge in [-0.25, -0.2) is 0 Å². The Morgan fingerprint density at radius 1 is 1.07 bits per heavy atom. The van der Waals surface area contributed by atoms with Crippen molar-refractivity contribution in [1.29, 1.82) is 0 Å². The number of unbranched alkanes of at least 4 members (excludes halogenated alkanes) is 4. The van der Waals surface area contributed by atoms with Gasteiger partial charge in [-0.3, -0.25) is 9.59 Å². The fraction of sp³-hybridized carbons (Fsp3) is 0.652. The molecule has 2 unspecified atom stereocenters. The van der Waals surface area contributed by atoms with Gasteiger partial charge in [0.05, 0.1) is 19.6 Å². The molecule has 0 heterocycles. The van der Waals surface area contributed by atoms with Crippen molar-refractivity contribution in [1.82, 2.24) is 0 Å². The first-order valence-electron chi connectivity index (χ1n) is 10.6. The number of hydrogen-bond donors (Lipinski definition) is 1. The summed E-state index contributed by atoms with van der Waals surface area (Å²) < 4.78 is 16.3. The van der Waals surface area contributed by atoms with E-state index in [1.165, 1.54) is 14.0 Å². The monoisotopic (exact) mass is 408 g/mol. The van der Waals surface area contributed by atoms with Crippen molar-refractivity contribution < 1.29 is 28.9 Å². The van der Waals surface area contributed by atoms with Crippen molar-refractivity contribution in [3.63, 3.8) is 0 Å². The molecule has 6 heteroatoms. The third-order valence-electron chi connectivity index (χ3n) is 4.74. The zero-order chi connectivity index (χ0) is 21.5. The fourth-order valence-electron chi connectivity index (χ4n) is 3.22. The average Bonchev–Trinajstić information content (AvgIpc) is 2.71. The van der Waals surface area contributed by atoms with Gasteiger partial charge in [0.1, 0.15) is 0 Å². The smallest absolute Gasteiger partial charge is 0.308 e. The van der Waals surface area contributed by atoms with E-state index in [-0.39, 0.29) is 19.0 Å². The molecule has 1 aromatic rings. The first-order valence-corrected chi connectivity index (χ1v) is 10.6. The minimum absolute atomic E-state index is 0.0575. The van der Waals surface area contributed by atoms with Crippen molar-refractivity contribution in [2.75, 3.05) is 13.7 Å². The summed E-state index contributed by atoms with van der Waals surface area (Å²) in [6.07, 6.45) is 5.90. The molecule has 6 nitrogen and oxygen atoms in total. The van der Waals surface area contributed by atoms with Gasteiger partial charge in [0.2, 0.25) is 6.29 Å². The van der Waals surface area contributed by atoms with Crippen LogP contribution in [-0.2, 0) is 30.2 Å². The van der Waals surface area contributed by atoms with Crippen molar-refractivity contribution in [3.05, 3.63) is 35.4 Å². The molecule has 29 heavy (non-hydrogen) atoms. The Morgan fingerprint density at radius 3 is 2.45 bits per heavy atom. The highest BCUT2D eigenvalue weighted by Gasteiger charge is 2.25. The summed E-state index contributed by atoms with van der Waals surface area (Å²) in [6.45, 7) is 3.64. The third kappa shape index (κ3) is 10.4. The van der Waals surface area contributed by atoms with Crippen LogP contribution in [-0.4, -0.2) is 37.1 Å². The molecule has 0 amide bonds. The molecular formula is C23H36O6. The quantitative estimate of drug-likeness (QED) is 0.262. The van der Waals surface area contributed by atoms with Crippen LogP contribution in [0.4, 0.5) is 0 Å². The van der Waals surface area contributed by atoms with Crippen LogP contribution in [0.1, 0.15) is 82.4 Å². The molecule has 0 aliphatic carbocycles. The van der Waals surface area contributed by atoms with Gasteiger partial charge in [0.15, 0.2) is 0 Å². The molecule has 0 aromatic heterocycles. The summed E-state index contributed by atoms with van der Waals surface area (Å²) >= 11 is 0. The lowest BCUT2D eigenvalue weighted by atomic mass is 9.95. The second kappa shape index (κ2) is 15.0. The number of ether oxygens (including phenoxy) is 3. The maximum Gasteiger partial charge on any atom is 0.308 e. The highest BCUT2D eigenvalue weighted by Crippen LogP contribution is 2.29. The number of aryl methyl sites for hydroxylation is 1. The Balaban J connectivity index is 2.97. The summed E-state index contributed by atoms with van der Waals surface area (Å²) in [4.78, 5) is 23.5. The second-order valence-corrected chi connectivity index (χ2v) is 7.17. The normalized spacial score (nSPS) is 13.0. The topological polar surface area (TPSA) is 82.1 Å². The van der Waals surface area contributed by atoms with Crippen LogP contribution in [0.25, 0.3) is 0 Å². The highest BCUT2D eigenvalue weighted by molar-refractivity contribution is 5.70. The van der Waals surface area contributed by atoms with E-state index in [4.69, 9.17) is 19.3 Å². The number of carbonyl (C=O) groups is 2. The molecule has 2 atom stereocenters. The van der Waals surface area contributed by atoms with E-state index in [1.807, 2.05) is 24.3 Å². The van der Waals surface area contributed by atoms with Crippen LogP contribution in [0.15, 0.2) is 24.3 Å². The van der Waals surface area contributed by atoms with E-state index in [0.717, 1.165) is 56.1 Å². The van der Waals surface area contributed by atoms with Crippen LogP contribution < -0.4 is 0 Å². The summed E-state index contributed by atoms with van der Waals surface area (Å²) in [5.41, 5.74) is 2.04.